The molecule has 0 saturated carbocycles. The van der Waals surface area contributed by atoms with Gasteiger partial charge < -0.3 is 4.90 Å². The van der Waals surface area contributed by atoms with Crippen molar-refractivity contribution in [2.75, 3.05) is 18.8 Å². The highest BCUT2D eigenvalue weighted by molar-refractivity contribution is 7.99. The quantitative estimate of drug-likeness (QED) is 0.421. The highest BCUT2D eigenvalue weighted by Gasteiger charge is 2.25. The van der Waals surface area contributed by atoms with E-state index in [1.54, 1.807) is 22.0 Å². The number of hydrogen-bond acceptors (Lipinski definition) is 5. The standard InChI is InChI=1S/C21H27N3O2S2/c1-3-9-24-20(26)18-15-8-7-14(2)12-16(15)28-19(18)22-21(24)27-13-17(25)23-10-5-4-6-11-23/h3,14H,1,4-13H2,2H3. The van der Waals surface area contributed by atoms with Gasteiger partial charge in [0.05, 0.1) is 11.1 Å². The summed E-state index contributed by atoms with van der Waals surface area (Å²) in [5, 5.41) is 1.43. The summed E-state index contributed by atoms with van der Waals surface area (Å²) in [5.41, 5.74) is 1.22. The molecule has 0 N–H and O–H groups in total. The number of aromatic nitrogens is 2. The number of carbonyl (C=O) groups excluding carboxylic acids is 1. The van der Waals surface area contributed by atoms with Gasteiger partial charge in [0.1, 0.15) is 4.83 Å². The van der Waals surface area contributed by atoms with Gasteiger partial charge in [0.2, 0.25) is 5.91 Å². The van der Waals surface area contributed by atoms with E-state index in [1.807, 2.05) is 4.90 Å². The number of fused-ring (bicyclic) bond motifs is 3. The fourth-order valence-corrected chi connectivity index (χ4v) is 6.50. The van der Waals surface area contributed by atoms with Gasteiger partial charge in [-0.05, 0) is 50.0 Å². The van der Waals surface area contributed by atoms with Crippen LogP contribution in [0.25, 0.3) is 10.2 Å². The lowest BCUT2D eigenvalue weighted by molar-refractivity contribution is -0.129. The zero-order valence-corrected chi connectivity index (χ0v) is 18.0. The van der Waals surface area contributed by atoms with Gasteiger partial charge in [-0.3, -0.25) is 14.2 Å². The van der Waals surface area contributed by atoms with Gasteiger partial charge in [-0.25, -0.2) is 4.98 Å². The largest absolute Gasteiger partial charge is 0.342 e. The molecule has 1 unspecified atom stereocenters. The first kappa shape index (κ1) is 19.7. The average Bonchev–Trinajstić information content (AvgIpc) is 3.06. The Morgan fingerprint density at radius 2 is 2.14 bits per heavy atom. The molecule has 2 aliphatic rings. The molecule has 1 atom stereocenters. The summed E-state index contributed by atoms with van der Waals surface area (Å²) in [6.07, 6.45) is 8.22. The molecule has 1 fully saturated rings. The third kappa shape index (κ3) is 3.79. The predicted molar refractivity (Wildman–Crippen MR) is 116 cm³/mol. The van der Waals surface area contributed by atoms with E-state index in [2.05, 4.69) is 13.5 Å². The second-order valence-corrected chi connectivity index (χ2v) is 9.89. The van der Waals surface area contributed by atoms with Gasteiger partial charge in [-0.1, -0.05) is 24.8 Å². The Kier molecular flexibility index (Phi) is 5.92. The molecule has 2 aromatic rings. The Bertz CT molecular complexity index is 957. The van der Waals surface area contributed by atoms with Gasteiger partial charge >= 0.3 is 0 Å². The number of thioether (sulfide) groups is 1. The molecule has 1 aliphatic carbocycles. The Balaban J connectivity index is 1.65. The van der Waals surface area contributed by atoms with Crippen LogP contribution in [0.1, 0.15) is 43.0 Å². The van der Waals surface area contributed by atoms with Crippen molar-refractivity contribution in [3.63, 3.8) is 0 Å². The highest BCUT2D eigenvalue weighted by atomic mass is 32.2. The van der Waals surface area contributed by atoms with Crippen LogP contribution >= 0.6 is 23.1 Å². The fourth-order valence-electron chi connectivity index (χ4n) is 4.17. The van der Waals surface area contributed by atoms with Crippen LogP contribution < -0.4 is 5.56 Å². The first-order chi connectivity index (χ1) is 13.6. The summed E-state index contributed by atoms with van der Waals surface area (Å²) in [5.74, 6) is 1.13. The van der Waals surface area contributed by atoms with E-state index in [0.29, 0.717) is 23.4 Å². The number of carbonyl (C=O) groups is 1. The number of allylic oxidation sites excluding steroid dienone is 1. The third-order valence-electron chi connectivity index (χ3n) is 5.73. The van der Waals surface area contributed by atoms with Crippen LogP contribution in [-0.2, 0) is 24.2 Å². The second-order valence-electron chi connectivity index (χ2n) is 7.86. The zero-order valence-electron chi connectivity index (χ0n) is 16.4. The Morgan fingerprint density at radius 3 is 2.89 bits per heavy atom. The summed E-state index contributed by atoms with van der Waals surface area (Å²) in [6, 6.07) is 0. The molecule has 4 rings (SSSR count). The molecule has 0 radical (unpaired) electrons. The van der Waals surface area contributed by atoms with Crippen LogP contribution in [0.4, 0.5) is 0 Å². The van der Waals surface area contributed by atoms with Crippen LogP contribution in [0.3, 0.4) is 0 Å². The van der Waals surface area contributed by atoms with Crippen LogP contribution in [-0.4, -0.2) is 39.2 Å². The average molecular weight is 418 g/mol. The molecule has 0 aromatic carbocycles. The van der Waals surface area contributed by atoms with Crippen molar-refractivity contribution in [2.45, 2.75) is 57.1 Å². The number of rotatable bonds is 5. The van der Waals surface area contributed by atoms with Crippen molar-refractivity contribution < 1.29 is 4.79 Å². The van der Waals surface area contributed by atoms with Crippen LogP contribution in [0, 0.1) is 5.92 Å². The number of aryl methyl sites for hydroxylation is 1. The number of thiophene rings is 1. The molecule has 1 amide bonds. The van der Waals surface area contributed by atoms with E-state index in [0.717, 1.165) is 55.4 Å². The van der Waals surface area contributed by atoms with Crippen molar-refractivity contribution >= 4 is 39.2 Å². The Hall–Kier alpha value is -1.60. The molecule has 0 bridgehead atoms. The molecule has 150 valence electrons. The van der Waals surface area contributed by atoms with E-state index in [1.165, 1.54) is 28.6 Å². The third-order valence-corrected chi connectivity index (χ3v) is 7.83. The highest BCUT2D eigenvalue weighted by Crippen LogP contribution is 2.36. The van der Waals surface area contributed by atoms with Gasteiger partial charge in [-0.2, -0.15) is 0 Å². The van der Waals surface area contributed by atoms with Crippen molar-refractivity contribution in [2.24, 2.45) is 5.92 Å². The maximum Gasteiger partial charge on any atom is 0.263 e. The Morgan fingerprint density at radius 1 is 1.36 bits per heavy atom. The summed E-state index contributed by atoms with van der Waals surface area (Å²) in [6.45, 7) is 8.19. The number of hydrogen-bond donors (Lipinski definition) is 0. The normalized spacial score (nSPS) is 19.6. The SMILES string of the molecule is C=CCn1c(SCC(=O)N2CCCCC2)nc2sc3c(c2c1=O)CCC(C)C3. The van der Waals surface area contributed by atoms with Gasteiger partial charge in [0, 0.05) is 24.5 Å². The van der Waals surface area contributed by atoms with Crippen LogP contribution in [0.2, 0.25) is 0 Å². The topological polar surface area (TPSA) is 55.2 Å². The number of amides is 1. The van der Waals surface area contributed by atoms with Crippen LogP contribution in [0.15, 0.2) is 22.6 Å². The smallest absolute Gasteiger partial charge is 0.263 e. The van der Waals surface area contributed by atoms with Gasteiger partial charge in [0.25, 0.3) is 5.56 Å². The summed E-state index contributed by atoms with van der Waals surface area (Å²) >= 11 is 3.05. The molecule has 2 aromatic heterocycles. The number of likely N-dealkylation sites (tertiary alicyclic amines) is 1. The lowest BCUT2D eigenvalue weighted by Gasteiger charge is -2.26. The minimum absolute atomic E-state index is 0.0184. The van der Waals surface area contributed by atoms with E-state index in [4.69, 9.17) is 4.98 Å². The monoisotopic (exact) mass is 417 g/mol. The van der Waals surface area contributed by atoms with Crippen LogP contribution in [0.5, 0.6) is 0 Å². The minimum atomic E-state index is 0.0184. The fraction of sp³-hybridized carbons (Fsp3) is 0.571. The number of piperidine rings is 1. The maximum absolute atomic E-state index is 13.3. The van der Waals surface area contributed by atoms with E-state index < -0.39 is 0 Å². The van der Waals surface area contributed by atoms with E-state index in [-0.39, 0.29) is 11.5 Å². The molecule has 0 spiro atoms. The molecule has 5 nitrogen and oxygen atoms in total. The van der Waals surface area contributed by atoms with Crippen molar-refractivity contribution in [3.05, 3.63) is 33.4 Å². The summed E-state index contributed by atoms with van der Waals surface area (Å²) < 4.78 is 1.69. The molecular weight excluding hydrogens is 390 g/mol. The molecule has 1 saturated heterocycles. The molecular formula is C21H27N3O2S2. The molecule has 3 heterocycles. The van der Waals surface area contributed by atoms with E-state index >= 15 is 0 Å². The first-order valence-corrected chi connectivity index (χ1v) is 11.9. The lowest BCUT2D eigenvalue weighted by Crippen LogP contribution is -2.37. The molecule has 1 aliphatic heterocycles. The molecule has 7 heteroatoms. The lowest BCUT2D eigenvalue weighted by atomic mass is 9.89. The second kappa shape index (κ2) is 8.41. The maximum atomic E-state index is 13.3. The number of nitrogens with zero attached hydrogens (tertiary/aromatic N) is 3. The Labute approximate surface area is 173 Å². The predicted octanol–water partition coefficient (Wildman–Crippen LogP) is 3.87. The first-order valence-electron chi connectivity index (χ1n) is 10.1. The van der Waals surface area contributed by atoms with Crippen molar-refractivity contribution in [1.82, 2.24) is 14.5 Å². The molecule has 28 heavy (non-hydrogen) atoms. The minimum Gasteiger partial charge on any atom is -0.342 e. The summed E-state index contributed by atoms with van der Waals surface area (Å²) in [4.78, 5) is 34.7. The van der Waals surface area contributed by atoms with Crippen molar-refractivity contribution in [3.8, 4) is 0 Å². The van der Waals surface area contributed by atoms with E-state index in [9.17, 15) is 9.59 Å². The van der Waals surface area contributed by atoms with Crippen molar-refractivity contribution in [1.29, 1.82) is 0 Å². The summed E-state index contributed by atoms with van der Waals surface area (Å²) in [7, 11) is 0. The van der Waals surface area contributed by atoms with Gasteiger partial charge in [0.15, 0.2) is 5.16 Å². The van der Waals surface area contributed by atoms with Gasteiger partial charge in [-0.15, -0.1) is 17.9 Å². The zero-order chi connectivity index (χ0) is 19.7.